The quantitative estimate of drug-likeness (QED) is 0.893. The van der Waals surface area contributed by atoms with E-state index < -0.39 is 5.97 Å². The van der Waals surface area contributed by atoms with E-state index in [0.29, 0.717) is 13.2 Å². The highest BCUT2D eigenvalue weighted by atomic mass is 32.1. The molecule has 0 aliphatic carbocycles. The normalized spacial score (nSPS) is 25.0. The molecule has 2 bridgehead atoms. The Balaban J connectivity index is 1.69. The Morgan fingerprint density at radius 3 is 3.08 bits per heavy atom. The minimum Gasteiger partial charge on any atom is -0.480 e. The van der Waals surface area contributed by atoms with Crippen molar-refractivity contribution in [3.05, 3.63) is 17.3 Å². The largest absolute Gasteiger partial charge is 0.480 e. The fourth-order valence-electron chi connectivity index (χ4n) is 3.65. The maximum Gasteiger partial charge on any atom is 0.317 e. The summed E-state index contributed by atoms with van der Waals surface area (Å²) in [5, 5.41) is 12.3. The zero-order valence-electron chi connectivity index (χ0n) is 13.5. The molecule has 0 aromatic carbocycles. The number of carboxylic acids is 1. The van der Waals surface area contributed by atoms with Crippen LogP contribution < -0.4 is 4.90 Å². The van der Waals surface area contributed by atoms with Crippen LogP contribution in [0.4, 0.5) is 5.82 Å². The van der Waals surface area contributed by atoms with Gasteiger partial charge in [-0.05, 0) is 18.4 Å². The zero-order valence-corrected chi connectivity index (χ0v) is 14.3. The molecule has 2 aliphatic rings. The van der Waals surface area contributed by atoms with E-state index in [9.17, 15) is 9.90 Å². The van der Waals surface area contributed by atoms with Crippen LogP contribution in [0.25, 0.3) is 10.2 Å². The lowest BCUT2D eigenvalue weighted by Gasteiger charge is -2.31. The van der Waals surface area contributed by atoms with Crippen LogP contribution in [0.5, 0.6) is 0 Å². The number of ether oxygens (including phenoxy) is 1. The fourth-order valence-corrected chi connectivity index (χ4v) is 4.46. The number of fused-ring (bicyclic) bond motifs is 4. The van der Waals surface area contributed by atoms with Crippen LogP contribution in [-0.4, -0.2) is 71.4 Å². The van der Waals surface area contributed by atoms with Crippen LogP contribution in [0.2, 0.25) is 0 Å². The van der Waals surface area contributed by atoms with E-state index in [0.717, 1.165) is 41.5 Å². The predicted molar refractivity (Wildman–Crippen MR) is 91.7 cm³/mol. The molecule has 7 nitrogen and oxygen atoms in total. The summed E-state index contributed by atoms with van der Waals surface area (Å²) in [6, 6.07) is 2.14. The molecule has 0 spiro atoms. The lowest BCUT2D eigenvalue weighted by atomic mass is 10.1. The van der Waals surface area contributed by atoms with Crippen molar-refractivity contribution >= 4 is 33.3 Å². The third-order valence-electron chi connectivity index (χ3n) is 4.64. The number of anilines is 1. The first-order valence-corrected chi connectivity index (χ1v) is 8.98. The molecular formula is C16H20N4O3S. The second-order valence-corrected chi connectivity index (χ2v) is 7.41. The van der Waals surface area contributed by atoms with Gasteiger partial charge in [0.1, 0.15) is 16.5 Å². The Bertz CT molecular complexity index is 765. The number of aliphatic carboxylic acids is 1. The van der Waals surface area contributed by atoms with Crippen LogP contribution in [-0.2, 0) is 9.53 Å². The molecule has 2 atom stereocenters. The summed E-state index contributed by atoms with van der Waals surface area (Å²) in [6.45, 7) is 5.52. The summed E-state index contributed by atoms with van der Waals surface area (Å²) < 4.78 is 5.76. The maximum absolute atomic E-state index is 11.2. The summed E-state index contributed by atoms with van der Waals surface area (Å²) in [5.41, 5.74) is 0. The van der Waals surface area contributed by atoms with Crippen molar-refractivity contribution in [2.75, 3.05) is 44.3 Å². The highest BCUT2D eigenvalue weighted by molar-refractivity contribution is 7.16. The molecule has 4 heterocycles. The van der Waals surface area contributed by atoms with E-state index in [1.54, 1.807) is 11.3 Å². The number of rotatable bonds is 3. The van der Waals surface area contributed by atoms with Crippen LogP contribution in [0, 0.1) is 12.8 Å². The first kappa shape index (κ1) is 15.7. The van der Waals surface area contributed by atoms with Gasteiger partial charge in [-0.1, -0.05) is 0 Å². The minimum absolute atomic E-state index is 0.0645. The first-order chi connectivity index (χ1) is 11.6. The minimum atomic E-state index is -0.785. The highest BCUT2D eigenvalue weighted by Gasteiger charge is 2.35. The van der Waals surface area contributed by atoms with Crippen molar-refractivity contribution in [1.29, 1.82) is 0 Å². The van der Waals surface area contributed by atoms with Crippen molar-refractivity contribution in [1.82, 2.24) is 14.9 Å². The topological polar surface area (TPSA) is 78.8 Å². The summed E-state index contributed by atoms with van der Waals surface area (Å²) in [4.78, 5) is 25.7. The second-order valence-electron chi connectivity index (χ2n) is 6.52. The number of nitrogens with zero attached hydrogens (tertiary/aromatic N) is 4. The summed E-state index contributed by atoms with van der Waals surface area (Å²) >= 11 is 1.62. The molecule has 8 heteroatoms. The van der Waals surface area contributed by atoms with Gasteiger partial charge < -0.3 is 14.7 Å². The van der Waals surface area contributed by atoms with Crippen molar-refractivity contribution in [2.24, 2.45) is 5.92 Å². The van der Waals surface area contributed by atoms with Gasteiger partial charge in [0.2, 0.25) is 0 Å². The van der Waals surface area contributed by atoms with Gasteiger partial charge in [-0.2, -0.15) is 0 Å². The SMILES string of the molecule is Cc1nc(N2C[C@@H]3COC[C@H](C2)N(CC(=O)O)C3)c2ccsc2n1. The molecule has 24 heavy (non-hydrogen) atoms. The fraction of sp³-hybridized carbons (Fsp3) is 0.562. The number of carboxylic acid groups (broad SMARTS) is 1. The smallest absolute Gasteiger partial charge is 0.317 e. The third-order valence-corrected chi connectivity index (χ3v) is 5.44. The average Bonchev–Trinajstić information content (AvgIpc) is 2.80. The highest BCUT2D eigenvalue weighted by Crippen LogP contribution is 2.31. The van der Waals surface area contributed by atoms with E-state index in [2.05, 4.69) is 16.0 Å². The molecule has 2 saturated heterocycles. The number of aromatic nitrogens is 2. The van der Waals surface area contributed by atoms with Crippen molar-refractivity contribution in [3.8, 4) is 0 Å². The van der Waals surface area contributed by atoms with Gasteiger partial charge in [0.05, 0.1) is 31.2 Å². The first-order valence-electron chi connectivity index (χ1n) is 8.10. The molecule has 0 unspecified atom stereocenters. The van der Waals surface area contributed by atoms with Gasteiger partial charge in [-0.3, -0.25) is 9.69 Å². The van der Waals surface area contributed by atoms with Crippen LogP contribution in [0.3, 0.4) is 0 Å². The van der Waals surface area contributed by atoms with E-state index in [-0.39, 0.29) is 18.5 Å². The number of thiophene rings is 1. The molecule has 128 valence electrons. The number of hydrogen-bond donors (Lipinski definition) is 1. The zero-order chi connectivity index (χ0) is 16.7. The van der Waals surface area contributed by atoms with Crippen LogP contribution in [0.15, 0.2) is 11.4 Å². The number of hydrogen-bond acceptors (Lipinski definition) is 7. The maximum atomic E-state index is 11.2. The van der Waals surface area contributed by atoms with Gasteiger partial charge >= 0.3 is 5.97 Å². The second kappa shape index (κ2) is 6.27. The Morgan fingerprint density at radius 2 is 2.25 bits per heavy atom. The molecule has 0 radical (unpaired) electrons. The predicted octanol–water partition coefficient (Wildman–Crippen LogP) is 1.22. The molecule has 2 aromatic heterocycles. The van der Waals surface area contributed by atoms with E-state index in [4.69, 9.17) is 9.72 Å². The summed E-state index contributed by atoms with van der Waals surface area (Å²) in [6.07, 6.45) is 0. The van der Waals surface area contributed by atoms with Gasteiger partial charge in [0.25, 0.3) is 0 Å². The Hall–Kier alpha value is -1.77. The number of carbonyl (C=O) groups is 1. The number of aryl methyl sites for hydroxylation is 1. The molecular weight excluding hydrogens is 328 g/mol. The molecule has 4 rings (SSSR count). The lowest BCUT2D eigenvalue weighted by Crippen LogP contribution is -2.46. The van der Waals surface area contributed by atoms with Crippen LogP contribution in [0.1, 0.15) is 5.82 Å². The molecule has 0 saturated carbocycles. The molecule has 2 fully saturated rings. The third kappa shape index (κ3) is 2.97. The Labute approximate surface area is 143 Å². The Kier molecular flexibility index (Phi) is 4.11. The van der Waals surface area contributed by atoms with E-state index >= 15 is 0 Å². The standard InChI is InChI=1S/C16H20N4O3S/c1-10-17-15(13-2-3-24-16(13)18-10)20-5-11-4-19(7-14(21)22)12(6-20)9-23-8-11/h2-3,11-12H,4-9H2,1H3,(H,21,22)/t11-,12+/m1/s1. The van der Waals surface area contributed by atoms with Gasteiger partial charge in [0, 0.05) is 25.6 Å². The molecule has 2 aromatic rings. The molecule has 1 N–H and O–H groups in total. The van der Waals surface area contributed by atoms with Gasteiger partial charge in [-0.15, -0.1) is 11.3 Å². The van der Waals surface area contributed by atoms with Gasteiger partial charge in [0.15, 0.2) is 0 Å². The van der Waals surface area contributed by atoms with E-state index in [1.165, 1.54) is 0 Å². The average molecular weight is 348 g/mol. The van der Waals surface area contributed by atoms with Crippen molar-refractivity contribution < 1.29 is 14.6 Å². The van der Waals surface area contributed by atoms with Crippen molar-refractivity contribution in [3.63, 3.8) is 0 Å². The molecule has 0 amide bonds. The van der Waals surface area contributed by atoms with E-state index in [1.807, 2.05) is 17.2 Å². The molecule has 2 aliphatic heterocycles. The monoisotopic (exact) mass is 348 g/mol. The lowest BCUT2D eigenvalue weighted by molar-refractivity contribution is -0.138. The van der Waals surface area contributed by atoms with Crippen molar-refractivity contribution in [2.45, 2.75) is 13.0 Å². The summed E-state index contributed by atoms with van der Waals surface area (Å²) in [5.74, 6) is 1.23. The van der Waals surface area contributed by atoms with Crippen LogP contribution >= 0.6 is 11.3 Å². The van der Waals surface area contributed by atoms with Gasteiger partial charge in [-0.25, -0.2) is 9.97 Å². The summed E-state index contributed by atoms with van der Waals surface area (Å²) in [7, 11) is 0. The Morgan fingerprint density at radius 1 is 1.38 bits per heavy atom.